The van der Waals surface area contributed by atoms with Crippen molar-refractivity contribution in [2.75, 3.05) is 33.4 Å². The van der Waals surface area contributed by atoms with E-state index in [4.69, 9.17) is 4.74 Å². The Labute approximate surface area is 92.0 Å². The molecule has 1 saturated heterocycles. The van der Waals surface area contributed by atoms with Gasteiger partial charge in [-0.3, -0.25) is 4.79 Å². The van der Waals surface area contributed by atoms with Crippen LogP contribution < -0.4 is 5.32 Å². The maximum Gasteiger partial charge on any atom is 0.222 e. The monoisotopic (exact) mass is 214 g/mol. The fourth-order valence-electron chi connectivity index (χ4n) is 1.76. The Morgan fingerprint density at radius 2 is 2.33 bits per heavy atom. The van der Waals surface area contributed by atoms with Gasteiger partial charge in [0.25, 0.3) is 0 Å². The molecule has 0 bridgehead atoms. The third kappa shape index (κ3) is 4.62. The van der Waals surface area contributed by atoms with Crippen LogP contribution in [0.5, 0.6) is 0 Å². The van der Waals surface area contributed by atoms with E-state index in [2.05, 4.69) is 12.2 Å². The van der Waals surface area contributed by atoms with Crippen molar-refractivity contribution in [1.82, 2.24) is 10.2 Å². The molecule has 4 heteroatoms. The zero-order valence-electron chi connectivity index (χ0n) is 9.79. The molecule has 15 heavy (non-hydrogen) atoms. The molecular formula is C11H22N2O2. The van der Waals surface area contributed by atoms with Crippen LogP contribution in [0, 0.1) is 0 Å². The van der Waals surface area contributed by atoms with Crippen LogP contribution in [0.3, 0.4) is 0 Å². The van der Waals surface area contributed by atoms with Gasteiger partial charge in [-0.05, 0) is 12.8 Å². The van der Waals surface area contributed by atoms with E-state index >= 15 is 0 Å². The fourth-order valence-corrected chi connectivity index (χ4v) is 1.76. The number of nitrogens with zero attached hydrogens (tertiary/aromatic N) is 1. The van der Waals surface area contributed by atoms with Crippen LogP contribution >= 0.6 is 0 Å². The predicted octanol–water partition coefficient (Wildman–Crippen LogP) is 0.623. The van der Waals surface area contributed by atoms with Gasteiger partial charge in [0.2, 0.25) is 5.91 Å². The van der Waals surface area contributed by atoms with Crippen LogP contribution in [-0.4, -0.2) is 50.2 Å². The topological polar surface area (TPSA) is 41.6 Å². The molecule has 0 saturated carbocycles. The van der Waals surface area contributed by atoms with E-state index in [0.29, 0.717) is 12.5 Å². The molecule has 1 heterocycles. The number of amides is 1. The highest BCUT2D eigenvalue weighted by Gasteiger charge is 2.21. The Balaban J connectivity index is 2.04. The molecule has 0 aromatic rings. The summed E-state index contributed by atoms with van der Waals surface area (Å²) in [4.78, 5) is 13.0. The van der Waals surface area contributed by atoms with Crippen molar-refractivity contribution in [3.8, 4) is 0 Å². The molecular weight excluding hydrogens is 192 g/mol. The van der Waals surface area contributed by atoms with E-state index in [9.17, 15) is 4.79 Å². The summed E-state index contributed by atoms with van der Waals surface area (Å²) < 4.78 is 5.38. The molecule has 0 radical (unpaired) electrons. The van der Waals surface area contributed by atoms with E-state index < -0.39 is 0 Å². The van der Waals surface area contributed by atoms with Gasteiger partial charge in [-0.1, -0.05) is 6.92 Å². The molecule has 1 unspecified atom stereocenters. The number of hydrogen-bond acceptors (Lipinski definition) is 3. The van der Waals surface area contributed by atoms with Crippen LogP contribution in [0.15, 0.2) is 0 Å². The van der Waals surface area contributed by atoms with Crippen LogP contribution in [0.25, 0.3) is 0 Å². The lowest BCUT2D eigenvalue weighted by molar-refractivity contribution is -0.132. The molecule has 1 N–H and O–H groups in total. The smallest absolute Gasteiger partial charge is 0.222 e. The number of likely N-dealkylation sites (N-methyl/N-ethyl adjacent to an activating group) is 1. The van der Waals surface area contributed by atoms with Crippen LogP contribution in [0.4, 0.5) is 0 Å². The van der Waals surface area contributed by atoms with E-state index in [1.807, 2.05) is 7.05 Å². The van der Waals surface area contributed by atoms with Gasteiger partial charge in [0, 0.05) is 39.2 Å². The number of hydrogen-bond donors (Lipinski definition) is 1. The Hall–Kier alpha value is -0.610. The van der Waals surface area contributed by atoms with Crippen molar-refractivity contribution in [2.45, 2.75) is 32.2 Å². The first-order valence-electron chi connectivity index (χ1n) is 5.79. The van der Waals surface area contributed by atoms with Crippen molar-refractivity contribution in [1.29, 1.82) is 0 Å². The van der Waals surface area contributed by atoms with E-state index in [1.54, 1.807) is 4.90 Å². The maximum absolute atomic E-state index is 11.2. The average molecular weight is 214 g/mol. The number of likely N-dealkylation sites (tertiary alicyclic amines) is 1. The van der Waals surface area contributed by atoms with Gasteiger partial charge in [0.1, 0.15) is 0 Å². The highest BCUT2D eigenvalue weighted by Crippen LogP contribution is 2.08. The molecule has 1 fully saturated rings. The SMILES string of the molecule is CCCOCCNC1CCC(=O)N(C)C1. The van der Waals surface area contributed by atoms with Crippen molar-refractivity contribution in [3.05, 3.63) is 0 Å². The van der Waals surface area contributed by atoms with Gasteiger partial charge in [0.15, 0.2) is 0 Å². The quantitative estimate of drug-likeness (QED) is 0.659. The van der Waals surface area contributed by atoms with Gasteiger partial charge >= 0.3 is 0 Å². The molecule has 1 aliphatic rings. The first kappa shape index (κ1) is 12.5. The number of piperidine rings is 1. The highest BCUT2D eigenvalue weighted by molar-refractivity contribution is 5.76. The minimum absolute atomic E-state index is 0.260. The van der Waals surface area contributed by atoms with Crippen molar-refractivity contribution in [2.24, 2.45) is 0 Å². The van der Waals surface area contributed by atoms with Crippen LogP contribution in [0.1, 0.15) is 26.2 Å². The van der Waals surface area contributed by atoms with Gasteiger partial charge in [-0.25, -0.2) is 0 Å². The number of carbonyl (C=O) groups excluding carboxylic acids is 1. The van der Waals surface area contributed by atoms with E-state index in [1.165, 1.54) is 0 Å². The second-order valence-electron chi connectivity index (χ2n) is 4.08. The molecule has 0 aromatic carbocycles. The summed E-state index contributed by atoms with van der Waals surface area (Å²) in [7, 11) is 1.86. The predicted molar refractivity (Wildman–Crippen MR) is 59.8 cm³/mol. The third-order valence-electron chi connectivity index (χ3n) is 2.65. The zero-order valence-corrected chi connectivity index (χ0v) is 9.79. The van der Waals surface area contributed by atoms with Crippen molar-refractivity contribution >= 4 is 5.91 Å². The number of ether oxygens (including phenoxy) is 1. The minimum atomic E-state index is 0.260. The summed E-state index contributed by atoms with van der Waals surface area (Å²) in [6, 6.07) is 0.443. The summed E-state index contributed by atoms with van der Waals surface area (Å²) in [5.74, 6) is 0.260. The molecule has 0 aliphatic carbocycles. The second kappa shape index (κ2) is 6.80. The van der Waals surface area contributed by atoms with E-state index in [-0.39, 0.29) is 5.91 Å². The third-order valence-corrected chi connectivity index (χ3v) is 2.65. The summed E-state index contributed by atoms with van der Waals surface area (Å²) >= 11 is 0. The molecule has 4 nitrogen and oxygen atoms in total. The highest BCUT2D eigenvalue weighted by atomic mass is 16.5. The zero-order chi connectivity index (χ0) is 11.1. The normalized spacial score (nSPS) is 22.1. The maximum atomic E-state index is 11.2. The molecule has 88 valence electrons. The summed E-state index contributed by atoms with van der Waals surface area (Å²) in [6.07, 6.45) is 2.70. The average Bonchev–Trinajstić information content (AvgIpc) is 2.23. The second-order valence-corrected chi connectivity index (χ2v) is 4.08. The summed E-state index contributed by atoms with van der Waals surface area (Å²) in [5, 5.41) is 3.41. The molecule has 1 amide bonds. The summed E-state index contributed by atoms with van der Waals surface area (Å²) in [5.41, 5.74) is 0. The van der Waals surface area contributed by atoms with Gasteiger partial charge < -0.3 is 15.0 Å². The van der Waals surface area contributed by atoms with Gasteiger partial charge in [0.05, 0.1) is 6.61 Å². The lowest BCUT2D eigenvalue weighted by Crippen LogP contribution is -2.47. The Kier molecular flexibility index (Phi) is 5.65. The molecule has 1 aliphatic heterocycles. The number of carbonyl (C=O) groups is 1. The Morgan fingerprint density at radius 3 is 3.00 bits per heavy atom. The first-order chi connectivity index (χ1) is 7.24. The first-order valence-corrected chi connectivity index (χ1v) is 5.79. The number of rotatable bonds is 6. The van der Waals surface area contributed by atoms with Crippen LogP contribution in [0.2, 0.25) is 0 Å². The standard InChI is InChI=1S/C11H22N2O2/c1-3-7-15-8-6-12-10-4-5-11(14)13(2)9-10/h10,12H,3-9H2,1-2H3. The van der Waals surface area contributed by atoms with Gasteiger partial charge in [-0.15, -0.1) is 0 Å². The fraction of sp³-hybridized carbons (Fsp3) is 0.909. The lowest BCUT2D eigenvalue weighted by Gasteiger charge is -2.30. The van der Waals surface area contributed by atoms with E-state index in [0.717, 1.165) is 39.1 Å². The van der Waals surface area contributed by atoms with Crippen LogP contribution in [-0.2, 0) is 9.53 Å². The molecule has 1 atom stereocenters. The minimum Gasteiger partial charge on any atom is -0.380 e. The molecule has 0 spiro atoms. The van der Waals surface area contributed by atoms with Crippen molar-refractivity contribution < 1.29 is 9.53 Å². The molecule has 0 aromatic heterocycles. The summed E-state index contributed by atoms with van der Waals surface area (Å²) in [6.45, 7) is 5.42. The van der Waals surface area contributed by atoms with Gasteiger partial charge in [-0.2, -0.15) is 0 Å². The largest absolute Gasteiger partial charge is 0.380 e. The number of nitrogens with one attached hydrogen (secondary N) is 1. The Morgan fingerprint density at radius 1 is 1.53 bits per heavy atom. The Bertz CT molecular complexity index is 197. The van der Waals surface area contributed by atoms with Crippen molar-refractivity contribution in [3.63, 3.8) is 0 Å². The lowest BCUT2D eigenvalue weighted by atomic mass is 10.1. The molecule has 1 rings (SSSR count).